The molecule has 0 aliphatic heterocycles. The zero-order valence-electron chi connectivity index (χ0n) is 10.9. The first-order valence-corrected chi connectivity index (χ1v) is 6.01. The molecule has 0 saturated heterocycles. The van der Waals surface area contributed by atoms with Crippen LogP contribution in [0.3, 0.4) is 0 Å². The summed E-state index contributed by atoms with van der Waals surface area (Å²) in [5, 5.41) is 8.64. The van der Waals surface area contributed by atoms with Crippen LogP contribution < -0.4 is 4.74 Å². The number of carbonyl (C=O) groups is 1. The van der Waals surface area contributed by atoms with E-state index < -0.39 is 5.97 Å². The van der Waals surface area contributed by atoms with Gasteiger partial charge in [0.15, 0.2) is 0 Å². The van der Waals surface area contributed by atoms with Crippen molar-refractivity contribution in [2.75, 3.05) is 7.11 Å². The largest absolute Gasteiger partial charge is 0.496 e. The van der Waals surface area contributed by atoms with Crippen molar-refractivity contribution in [2.45, 2.75) is 19.8 Å². The minimum atomic E-state index is -0.821. The van der Waals surface area contributed by atoms with Crippen molar-refractivity contribution >= 4 is 5.97 Å². The monoisotopic (exact) mass is 260 g/mol. The molecule has 0 bridgehead atoms. The quantitative estimate of drug-likeness (QED) is 0.865. The van der Waals surface area contributed by atoms with Crippen molar-refractivity contribution in [1.82, 2.24) is 9.97 Å². The van der Waals surface area contributed by atoms with E-state index in [1.54, 1.807) is 13.3 Å². The first-order valence-electron chi connectivity index (χ1n) is 6.01. The number of nitrogens with one attached hydrogen (secondary N) is 1. The third-order valence-electron chi connectivity index (χ3n) is 2.91. The second-order valence-electron chi connectivity index (χ2n) is 4.32. The predicted octanol–water partition coefficient (Wildman–Crippen LogP) is 2.41. The number of nitrogens with zero attached hydrogens (tertiary/aromatic N) is 1. The number of carboxylic acids is 1. The van der Waals surface area contributed by atoms with Crippen LogP contribution in [0.4, 0.5) is 0 Å². The molecular formula is C14H16N2O3. The molecule has 0 aliphatic rings. The molecule has 2 rings (SSSR count). The third-order valence-corrected chi connectivity index (χ3v) is 2.91. The summed E-state index contributed by atoms with van der Waals surface area (Å²) < 4.78 is 5.21. The van der Waals surface area contributed by atoms with Crippen molar-refractivity contribution in [1.29, 1.82) is 0 Å². The van der Waals surface area contributed by atoms with Crippen molar-refractivity contribution in [2.24, 2.45) is 0 Å². The van der Waals surface area contributed by atoms with Crippen LogP contribution in [-0.2, 0) is 11.2 Å². The zero-order chi connectivity index (χ0) is 13.8. The van der Waals surface area contributed by atoms with Gasteiger partial charge in [-0.3, -0.25) is 4.79 Å². The number of benzene rings is 1. The zero-order valence-corrected chi connectivity index (χ0v) is 10.9. The van der Waals surface area contributed by atoms with E-state index in [1.165, 1.54) is 0 Å². The number of H-pyrrole nitrogens is 1. The van der Waals surface area contributed by atoms with Crippen molar-refractivity contribution < 1.29 is 14.6 Å². The lowest BCUT2D eigenvalue weighted by Gasteiger charge is -2.05. The Morgan fingerprint density at radius 3 is 2.89 bits per heavy atom. The summed E-state index contributed by atoms with van der Waals surface area (Å²) in [4.78, 5) is 17.8. The van der Waals surface area contributed by atoms with Crippen LogP contribution >= 0.6 is 0 Å². The molecular weight excluding hydrogens is 244 g/mol. The molecule has 5 heteroatoms. The summed E-state index contributed by atoms with van der Waals surface area (Å²) >= 11 is 0. The molecule has 0 radical (unpaired) electrons. The number of hydrogen-bond acceptors (Lipinski definition) is 3. The summed E-state index contributed by atoms with van der Waals surface area (Å²) in [6.07, 6.45) is 2.21. The number of aryl methyl sites for hydroxylation is 2. The Hall–Kier alpha value is -2.30. The van der Waals surface area contributed by atoms with Gasteiger partial charge in [-0.2, -0.15) is 0 Å². The molecule has 0 spiro atoms. The highest BCUT2D eigenvalue weighted by Crippen LogP contribution is 2.24. The van der Waals surface area contributed by atoms with Crippen molar-refractivity contribution in [3.05, 3.63) is 35.8 Å². The van der Waals surface area contributed by atoms with Crippen LogP contribution in [-0.4, -0.2) is 28.2 Å². The van der Waals surface area contributed by atoms with E-state index in [0.29, 0.717) is 12.2 Å². The summed E-state index contributed by atoms with van der Waals surface area (Å²) in [5.41, 5.74) is 2.93. The van der Waals surface area contributed by atoms with Gasteiger partial charge < -0.3 is 14.8 Å². The fraction of sp³-hybridized carbons (Fsp3) is 0.286. The van der Waals surface area contributed by atoms with Crippen LogP contribution in [0, 0.1) is 6.92 Å². The Morgan fingerprint density at radius 2 is 2.26 bits per heavy atom. The summed E-state index contributed by atoms with van der Waals surface area (Å²) in [6, 6.07) is 5.86. The fourth-order valence-electron chi connectivity index (χ4n) is 1.91. The Kier molecular flexibility index (Phi) is 3.85. The first-order chi connectivity index (χ1) is 9.10. The number of ether oxygens (including phenoxy) is 1. The molecule has 5 nitrogen and oxygen atoms in total. The minimum absolute atomic E-state index is 0.0780. The van der Waals surface area contributed by atoms with E-state index >= 15 is 0 Å². The van der Waals surface area contributed by atoms with E-state index in [9.17, 15) is 4.79 Å². The average molecular weight is 260 g/mol. The standard InChI is InChI=1S/C14H16N2O3/c1-9-7-10(3-4-12(9)19-2)11-8-15-13(16-11)5-6-14(17)18/h3-4,7-8H,5-6H2,1-2H3,(H,15,16)(H,17,18). The molecule has 1 heterocycles. The van der Waals surface area contributed by atoms with E-state index in [0.717, 1.165) is 22.6 Å². The van der Waals surface area contributed by atoms with Crippen molar-refractivity contribution in [3.8, 4) is 17.0 Å². The molecule has 0 unspecified atom stereocenters. The Balaban J connectivity index is 2.18. The van der Waals surface area contributed by atoms with Crippen molar-refractivity contribution in [3.63, 3.8) is 0 Å². The summed E-state index contributed by atoms with van der Waals surface area (Å²) in [7, 11) is 1.64. The van der Waals surface area contributed by atoms with Crippen LogP contribution in [0.2, 0.25) is 0 Å². The fourth-order valence-corrected chi connectivity index (χ4v) is 1.91. The molecule has 1 aromatic heterocycles. The van der Waals surface area contributed by atoms with Crippen LogP contribution in [0.15, 0.2) is 24.4 Å². The lowest BCUT2D eigenvalue weighted by Crippen LogP contribution is -1.98. The number of aliphatic carboxylic acids is 1. The molecule has 0 atom stereocenters. The highest BCUT2D eigenvalue weighted by atomic mass is 16.5. The molecule has 0 fully saturated rings. The molecule has 2 N–H and O–H groups in total. The van der Waals surface area contributed by atoms with E-state index in [4.69, 9.17) is 9.84 Å². The second-order valence-corrected chi connectivity index (χ2v) is 4.32. The van der Waals surface area contributed by atoms with Crippen LogP contribution in [0.25, 0.3) is 11.3 Å². The van der Waals surface area contributed by atoms with Crippen LogP contribution in [0.1, 0.15) is 17.8 Å². The van der Waals surface area contributed by atoms with Gasteiger partial charge in [0.1, 0.15) is 11.6 Å². The average Bonchev–Trinajstić information content (AvgIpc) is 2.85. The van der Waals surface area contributed by atoms with Gasteiger partial charge in [0.25, 0.3) is 0 Å². The normalized spacial score (nSPS) is 10.4. The van der Waals surface area contributed by atoms with Crippen LogP contribution in [0.5, 0.6) is 5.75 Å². The number of aromatic amines is 1. The van der Waals surface area contributed by atoms with Gasteiger partial charge in [0, 0.05) is 12.0 Å². The molecule has 0 saturated carbocycles. The summed E-state index contributed by atoms with van der Waals surface area (Å²) in [5.74, 6) is 0.707. The number of aromatic nitrogens is 2. The first kappa shape index (κ1) is 13.1. The Morgan fingerprint density at radius 1 is 1.47 bits per heavy atom. The van der Waals surface area contributed by atoms with Gasteiger partial charge in [-0.25, -0.2) is 4.98 Å². The summed E-state index contributed by atoms with van der Waals surface area (Å²) in [6.45, 7) is 1.98. The number of imidazole rings is 1. The van der Waals surface area contributed by atoms with E-state index in [-0.39, 0.29) is 6.42 Å². The maximum Gasteiger partial charge on any atom is 0.303 e. The predicted molar refractivity (Wildman–Crippen MR) is 71.3 cm³/mol. The third kappa shape index (κ3) is 3.13. The number of methoxy groups -OCH3 is 1. The van der Waals surface area contributed by atoms with E-state index in [1.807, 2.05) is 25.1 Å². The lowest BCUT2D eigenvalue weighted by molar-refractivity contribution is -0.137. The SMILES string of the molecule is COc1ccc(-c2cnc(CCC(=O)O)[nH]2)cc1C. The molecule has 0 aliphatic carbocycles. The molecule has 0 amide bonds. The van der Waals surface area contributed by atoms with E-state index in [2.05, 4.69) is 9.97 Å². The smallest absolute Gasteiger partial charge is 0.303 e. The van der Waals surface area contributed by atoms with Gasteiger partial charge in [0.2, 0.25) is 0 Å². The Labute approximate surface area is 111 Å². The van der Waals surface area contributed by atoms with Gasteiger partial charge >= 0.3 is 5.97 Å². The van der Waals surface area contributed by atoms with Gasteiger partial charge in [-0.05, 0) is 30.7 Å². The highest BCUT2D eigenvalue weighted by molar-refractivity contribution is 5.67. The van der Waals surface area contributed by atoms with Gasteiger partial charge in [-0.1, -0.05) is 0 Å². The highest BCUT2D eigenvalue weighted by Gasteiger charge is 2.07. The molecule has 100 valence electrons. The second kappa shape index (κ2) is 5.56. The maximum absolute atomic E-state index is 10.5. The van der Waals surface area contributed by atoms with Gasteiger partial charge in [-0.15, -0.1) is 0 Å². The lowest BCUT2D eigenvalue weighted by atomic mass is 10.1. The maximum atomic E-state index is 10.5. The Bertz CT molecular complexity index is 590. The number of carboxylic acid groups (broad SMARTS) is 1. The number of rotatable bonds is 5. The molecule has 1 aromatic carbocycles. The molecule has 2 aromatic rings. The topological polar surface area (TPSA) is 75.2 Å². The molecule has 19 heavy (non-hydrogen) atoms. The minimum Gasteiger partial charge on any atom is -0.496 e. The van der Waals surface area contributed by atoms with Gasteiger partial charge in [0.05, 0.1) is 25.4 Å². The number of hydrogen-bond donors (Lipinski definition) is 2.